The van der Waals surface area contributed by atoms with Crippen LogP contribution >= 0.6 is 23.2 Å². The predicted octanol–water partition coefficient (Wildman–Crippen LogP) is 3.97. The van der Waals surface area contributed by atoms with E-state index in [4.69, 9.17) is 23.2 Å². The molecule has 0 saturated carbocycles. The maximum atomic E-state index is 11.7. The van der Waals surface area contributed by atoms with E-state index in [0.717, 1.165) is 13.0 Å². The third kappa shape index (κ3) is 4.36. The average molecular weight is 284 g/mol. The van der Waals surface area contributed by atoms with Gasteiger partial charge in [0.1, 0.15) is 5.03 Å². The maximum absolute atomic E-state index is 11.7. The quantitative estimate of drug-likeness (QED) is 0.401. The molecule has 2 nitrogen and oxygen atoms in total. The number of hydrogen-bond donors (Lipinski definition) is 0. The van der Waals surface area contributed by atoms with Crippen LogP contribution < -0.4 is 0 Å². The Morgan fingerprint density at radius 1 is 1.31 bits per heavy atom. The van der Waals surface area contributed by atoms with Crippen molar-refractivity contribution in [2.75, 3.05) is 6.54 Å². The molecule has 5 heteroatoms. The first-order chi connectivity index (χ1) is 7.66. The SMILES string of the molecule is CCCCCCCCN1C=C(Cl)C(Cl)[S+]1[O-]. The molecule has 0 saturated heterocycles. The van der Waals surface area contributed by atoms with Gasteiger partial charge < -0.3 is 4.55 Å². The Morgan fingerprint density at radius 3 is 2.50 bits per heavy atom. The summed E-state index contributed by atoms with van der Waals surface area (Å²) in [5.74, 6) is 0. The zero-order valence-electron chi connectivity index (χ0n) is 9.62. The Hall–Kier alpha value is 0.430. The minimum atomic E-state index is -1.17. The third-order valence-corrected chi connectivity index (χ3v) is 5.23. The van der Waals surface area contributed by atoms with Crippen molar-refractivity contribution in [1.29, 1.82) is 0 Å². The van der Waals surface area contributed by atoms with Crippen LogP contribution in [0.5, 0.6) is 0 Å². The summed E-state index contributed by atoms with van der Waals surface area (Å²) >= 11 is 10.5. The van der Waals surface area contributed by atoms with Crippen molar-refractivity contribution in [3.05, 3.63) is 11.2 Å². The summed E-state index contributed by atoms with van der Waals surface area (Å²) in [5, 5.41) is 0.492. The van der Waals surface area contributed by atoms with Gasteiger partial charge in [-0.25, -0.2) is 4.31 Å². The minimum Gasteiger partial charge on any atom is -0.591 e. The molecule has 1 aliphatic rings. The summed E-state index contributed by atoms with van der Waals surface area (Å²) in [6.45, 7) is 3.00. The Labute approximate surface area is 111 Å². The summed E-state index contributed by atoms with van der Waals surface area (Å²) in [5.41, 5.74) is 0. The topological polar surface area (TPSA) is 26.3 Å². The molecule has 1 heterocycles. The normalized spacial score (nSPS) is 25.0. The van der Waals surface area contributed by atoms with Crippen molar-refractivity contribution < 1.29 is 4.55 Å². The molecular weight excluding hydrogens is 265 g/mol. The van der Waals surface area contributed by atoms with E-state index in [1.165, 1.54) is 32.1 Å². The summed E-state index contributed by atoms with van der Waals surface area (Å²) in [4.78, 5) is 0. The zero-order valence-corrected chi connectivity index (χ0v) is 12.0. The summed E-state index contributed by atoms with van der Waals surface area (Å²) < 4.78 is 12.9. The van der Waals surface area contributed by atoms with E-state index in [0.29, 0.717) is 5.03 Å². The van der Waals surface area contributed by atoms with Crippen LogP contribution in [-0.4, -0.2) is 20.1 Å². The van der Waals surface area contributed by atoms with Gasteiger partial charge in [0.15, 0.2) is 0 Å². The van der Waals surface area contributed by atoms with Crippen LogP contribution in [0.3, 0.4) is 0 Å². The monoisotopic (exact) mass is 283 g/mol. The molecule has 0 fully saturated rings. The molecule has 0 aromatic heterocycles. The lowest BCUT2D eigenvalue weighted by Crippen LogP contribution is -2.27. The molecule has 16 heavy (non-hydrogen) atoms. The van der Waals surface area contributed by atoms with Gasteiger partial charge in [0.2, 0.25) is 0 Å². The molecule has 0 aliphatic carbocycles. The van der Waals surface area contributed by atoms with Gasteiger partial charge in [-0.2, -0.15) is 0 Å². The van der Waals surface area contributed by atoms with Crippen LogP contribution in [0, 0.1) is 0 Å². The van der Waals surface area contributed by atoms with Gasteiger partial charge in [-0.05, 0) is 6.42 Å². The highest BCUT2D eigenvalue weighted by molar-refractivity contribution is 7.91. The van der Waals surface area contributed by atoms with Crippen LogP contribution in [0.2, 0.25) is 0 Å². The fourth-order valence-corrected chi connectivity index (χ4v) is 3.45. The molecule has 0 bridgehead atoms. The second-order valence-corrected chi connectivity index (χ2v) is 6.64. The van der Waals surface area contributed by atoms with Crippen molar-refractivity contribution in [2.24, 2.45) is 0 Å². The number of unbranched alkanes of at least 4 members (excludes halogenated alkanes) is 5. The average Bonchev–Trinajstić information content (AvgIpc) is 2.51. The molecule has 1 aliphatic heterocycles. The number of nitrogens with zero attached hydrogens (tertiary/aromatic N) is 1. The zero-order chi connectivity index (χ0) is 12.0. The third-order valence-electron chi connectivity index (χ3n) is 2.62. The first-order valence-electron chi connectivity index (χ1n) is 5.85. The van der Waals surface area contributed by atoms with Crippen molar-refractivity contribution in [3.8, 4) is 0 Å². The van der Waals surface area contributed by atoms with Gasteiger partial charge in [0.25, 0.3) is 4.71 Å². The van der Waals surface area contributed by atoms with E-state index < -0.39 is 16.1 Å². The molecule has 0 N–H and O–H groups in total. The van der Waals surface area contributed by atoms with E-state index in [1.54, 1.807) is 10.5 Å². The number of hydrogen-bond acceptors (Lipinski definition) is 2. The van der Waals surface area contributed by atoms with Gasteiger partial charge in [-0.1, -0.05) is 62.2 Å². The van der Waals surface area contributed by atoms with Crippen LogP contribution in [0.4, 0.5) is 0 Å². The Kier molecular flexibility index (Phi) is 6.97. The molecule has 94 valence electrons. The number of alkyl halides is 1. The van der Waals surface area contributed by atoms with Crippen molar-refractivity contribution in [1.82, 2.24) is 4.31 Å². The van der Waals surface area contributed by atoms with Crippen LogP contribution in [0.1, 0.15) is 45.4 Å². The fourth-order valence-electron chi connectivity index (χ4n) is 1.67. The Bertz CT molecular complexity index is 238. The van der Waals surface area contributed by atoms with E-state index in [-0.39, 0.29) is 0 Å². The highest BCUT2D eigenvalue weighted by atomic mass is 35.5. The van der Waals surface area contributed by atoms with E-state index in [2.05, 4.69) is 6.92 Å². The Balaban J connectivity index is 2.10. The molecule has 0 aromatic carbocycles. The van der Waals surface area contributed by atoms with Gasteiger partial charge in [0, 0.05) is 0 Å². The van der Waals surface area contributed by atoms with Crippen LogP contribution in [-0.2, 0) is 11.4 Å². The van der Waals surface area contributed by atoms with Gasteiger partial charge in [-0.15, -0.1) is 0 Å². The van der Waals surface area contributed by atoms with Crippen LogP contribution in [0.25, 0.3) is 0 Å². The molecule has 0 spiro atoms. The molecule has 1 rings (SSSR count). The number of rotatable bonds is 7. The van der Waals surface area contributed by atoms with Crippen molar-refractivity contribution >= 4 is 34.6 Å². The number of halogens is 2. The fraction of sp³-hybridized carbons (Fsp3) is 0.818. The van der Waals surface area contributed by atoms with E-state index in [9.17, 15) is 4.55 Å². The second-order valence-electron chi connectivity index (χ2n) is 4.01. The van der Waals surface area contributed by atoms with Crippen molar-refractivity contribution in [2.45, 2.75) is 50.2 Å². The summed E-state index contributed by atoms with van der Waals surface area (Å²) in [6, 6.07) is 0. The van der Waals surface area contributed by atoms with Gasteiger partial charge in [-0.3, -0.25) is 0 Å². The lowest BCUT2D eigenvalue weighted by atomic mass is 10.1. The molecule has 0 amide bonds. The first-order valence-corrected chi connectivity index (χ1v) is 7.84. The highest BCUT2D eigenvalue weighted by Crippen LogP contribution is 2.31. The molecule has 2 atom stereocenters. The Morgan fingerprint density at radius 2 is 1.94 bits per heavy atom. The lowest BCUT2D eigenvalue weighted by molar-refractivity contribution is 0.482. The van der Waals surface area contributed by atoms with E-state index >= 15 is 0 Å². The van der Waals surface area contributed by atoms with Gasteiger partial charge >= 0.3 is 0 Å². The van der Waals surface area contributed by atoms with Gasteiger partial charge in [0.05, 0.1) is 24.1 Å². The molecule has 0 aromatic rings. The standard InChI is InChI=1S/C11H19Cl2NOS/c1-2-3-4-5-6-7-8-14-9-10(12)11(13)16(14)15/h9,11H,2-8H2,1H3. The van der Waals surface area contributed by atoms with Crippen molar-refractivity contribution in [3.63, 3.8) is 0 Å². The highest BCUT2D eigenvalue weighted by Gasteiger charge is 2.35. The smallest absolute Gasteiger partial charge is 0.250 e. The second kappa shape index (κ2) is 7.70. The summed E-state index contributed by atoms with van der Waals surface area (Å²) in [6.07, 6.45) is 9.09. The summed E-state index contributed by atoms with van der Waals surface area (Å²) in [7, 11) is 0. The van der Waals surface area contributed by atoms with Crippen LogP contribution in [0.15, 0.2) is 11.2 Å². The lowest BCUT2D eigenvalue weighted by Gasteiger charge is -2.18. The molecule has 0 radical (unpaired) electrons. The largest absolute Gasteiger partial charge is 0.591 e. The molecular formula is C11H19Cl2NOS. The maximum Gasteiger partial charge on any atom is 0.250 e. The minimum absolute atomic E-state index is 0.492. The predicted molar refractivity (Wildman–Crippen MR) is 71.8 cm³/mol. The van der Waals surface area contributed by atoms with E-state index in [1.807, 2.05) is 0 Å². The first kappa shape index (κ1) is 14.5. The molecule has 2 unspecified atom stereocenters.